The zero-order valence-corrected chi connectivity index (χ0v) is 14.0. The second-order valence-electron chi connectivity index (χ2n) is 5.77. The van der Waals surface area contributed by atoms with Crippen LogP contribution in [0.5, 0.6) is 11.5 Å². The lowest BCUT2D eigenvalue weighted by molar-refractivity contribution is 0.134. The molecule has 106 valence electrons. The van der Waals surface area contributed by atoms with Crippen LogP contribution < -0.4 is 4.74 Å². The molecule has 1 heterocycles. The second-order valence-corrected chi connectivity index (χ2v) is 6.93. The van der Waals surface area contributed by atoms with Gasteiger partial charge in [0.05, 0.1) is 10.7 Å². The van der Waals surface area contributed by atoms with Gasteiger partial charge < -0.3 is 9.84 Å². The highest BCUT2D eigenvalue weighted by atomic mass is 127. The van der Waals surface area contributed by atoms with Crippen LogP contribution in [0.1, 0.15) is 25.8 Å². The van der Waals surface area contributed by atoms with Crippen molar-refractivity contribution in [1.82, 2.24) is 4.90 Å². The summed E-state index contributed by atoms with van der Waals surface area (Å²) in [6, 6.07) is 3.99. The Kier molecular flexibility index (Phi) is 4.95. The number of nitrogens with zero attached hydrogens (tertiary/aromatic N) is 1. The molecule has 1 aliphatic heterocycles. The van der Waals surface area contributed by atoms with Crippen molar-refractivity contribution in [3.05, 3.63) is 21.3 Å². The fourth-order valence-corrected chi connectivity index (χ4v) is 3.72. The standard InChI is InChI=1S/C15H22INO2/c1-10-4-11(2)8-17(7-10)9-12-5-13(16)15(18)14(6-12)19-3/h5-6,10-11,18H,4,7-9H2,1-3H3/t10-,11-/m1/s1. The summed E-state index contributed by atoms with van der Waals surface area (Å²) in [7, 11) is 1.60. The molecule has 0 saturated carbocycles. The first-order valence-electron chi connectivity index (χ1n) is 6.77. The summed E-state index contributed by atoms with van der Waals surface area (Å²) in [4.78, 5) is 2.50. The molecule has 1 saturated heterocycles. The number of rotatable bonds is 3. The largest absolute Gasteiger partial charge is 0.504 e. The molecule has 0 amide bonds. The topological polar surface area (TPSA) is 32.7 Å². The van der Waals surface area contributed by atoms with Gasteiger partial charge in [-0.25, -0.2) is 0 Å². The SMILES string of the molecule is COc1cc(CN2C[C@H](C)C[C@@H](C)C2)cc(I)c1O. The van der Waals surface area contributed by atoms with Crippen LogP contribution in [0, 0.1) is 15.4 Å². The first-order valence-corrected chi connectivity index (χ1v) is 7.85. The van der Waals surface area contributed by atoms with Crippen molar-refractivity contribution in [1.29, 1.82) is 0 Å². The van der Waals surface area contributed by atoms with E-state index in [-0.39, 0.29) is 5.75 Å². The van der Waals surface area contributed by atoms with Gasteiger partial charge in [0.2, 0.25) is 0 Å². The van der Waals surface area contributed by atoms with E-state index < -0.39 is 0 Å². The second kappa shape index (κ2) is 6.31. The Bertz CT molecular complexity index is 440. The third kappa shape index (κ3) is 3.75. The third-order valence-corrected chi connectivity index (χ3v) is 4.48. The van der Waals surface area contributed by atoms with Gasteiger partial charge in [-0.15, -0.1) is 0 Å². The highest BCUT2D eigenvalue weighted by molar-refractivity contribution is 14.1. The van der Waals surface area contributed by atoms with Crippen molar-refractivity contribution in [3.8, 4) is 11.5 Å². The van der Waals surface area contributed by atoms with Crippen molar-refractivity contribution < 1.29 is 9.84 Å². The van der Waals surface area contributed by atoms with E-state index in [4.69, 9.17) is 4.74 Å². The molecule has 1 N–H and O–H groups in total. The van der Waals surface area contributed by atoms with Gasteiger partial charge in [-0.1, -0.05) is 13.8 Å². The smallest absolute Gasteiger partial charge is 0.171 e. The zero-order chi connectivity index (χ0) is 14.0. The van der Waals surface area contributed by atoms with Crippen molar-refractivity contribution >= 4 is 22.6 Å². The predicted molar refractivity (Wildman–Crippen MR) is 85.6 cm³/mol. The minimum atomic E-state index is 0.243. The van der Waals surface area contributed by atoms with Crippen LogP contribution in [0.25, 0.3) is 0 Å². The monoisotopic (exact) mass is 375 g/mol. The van der Waals surface area contributed by atoms with Gasteiger partial charge in [-0.2, -0.15) is 0 Å². The molecule has 0 aliphatic carbocycles. The lowest BCUT2D eigenvalue weighted by atomic mass is 9.91. The molecular weight excluding hydrogens is 353 g/mol. The number of ether oxygens (including phenoxy) is 1. The molecular formula is C15H22INO2. The van der Waals surface area contributed by atoms with Crippen molar-refractivity contribution in [3.63, 3.8) is 0 Å². The normalized spacial score (nSPS) is 24.4. The van der Waals surface area contributed by atoms with E-state index in [0.717, 1.165) is 35.0 Å². The van der Waals surface area contributed by atoms with Gasteiger partial charge in [-0.3, -0.25) is 4.90 Å². The first-order chi connectivity index (χ1) is 8.99. The fourth-order valence-electron chi connectivity index (χ4n) is 3.05. The number of phenols is 1. The Morgan fingerprint density at radius 2 is 1.95 bits per heavy atom. The Labute approximate surface area is 129 Å². The van der Waals surface area contributed by atoms with Crippen LogP contribution in [0.15, 0.2) is 12.1 Å². The van der Waals surface area contributed by atoms with Crippen LogP contribution in [0.4, 0.5) is 0 Å². The van der Waals surface area contributed by atoms with Crippen LogP contribution in [0.2, 0.25) is 0 Å². The fraction of sp³-hybridized carbons (Fsp3) is 0.600. The zero-order valence-electron chi connectivity index (χ0n) is 11.8. The predicted octanol–water partition coefficient (Wildman–Crippen LogP) is 3.48. The highest BCUT2D eigenvalue weighted by Gasteiger charge is 2.22. The number of likely N-dealkylation sites (tertiary alicyclic amines) is 1. The number of methoxy groups -OCH3 is 1. The number of phenolic OH excluding ortho intramolecular Hbond substituents is 1. The van der Waals surface area contributed by atoms with E-state index in [1.54, 1.807) is 7.11 Å². The van der Waals surface area contributed by atoms with Gasteiger partial charge in [0, 0.05) is 19.6 Å². The summed E-state index contributed by atoms with van der Waals surface area (Å²) in [6.07, 6.45) is 1.33. The van der Waals surface area contributed by atoms with E-state index in [1.165, 1.54) is 12.0 Å². The van der Waals surface area contributed by atoms with Crippen LogP contribution in [-0.4, -0.2) is 30.2 Å². The van der Waals surface area contributed by atoms with Crippen molar-refractivity contribution in [2.45, 2.75) is 26.8 Å². The Morgan fingerprint density at radius 1 is 1.32 bits per heavy atom. The average molecular weight is 375 g/mol. The van der Waals surface area contributed by atoms with Crippen LogP contribution in [0.3, 0.4) is 0 Å². The van der Waals surface area contributed by atoms with Gasteiger partial charge >= 0.3 is 0 Å². The summed E-state index contributed by atoms with van der Waals surface area (Å²) < 4.78 is 6.08. The maximum atomic E-state index is 9.87. The summed E-state index contributed by atoms with van der Waals surface area (Å²) in [5.74, 6) is 2.34. The molecule has 0 radical (unpaired) electrons. The maximum Gasteiger partial charge on any atom is 0.171 e. The van der Waals surface area contributed by atoms with E-state index in [1.807, 2.05) is 12.1 Å². The molecule has 0 aromatic heterocycles. The number of halogens is 1. The quantitative estimate of drug-likeness (QED) is 0.822. The molecule has 4 heteroatoms. The number of piperidine rings is 1. The van der Waals surface area contributed by atoms with E-state index in [0.29, 0.717) is 5.75 Å². The Morgan fingerprint density at radius 3 is 2.53 bits per heavy atom. The third-order valence-electron chi connectivity index (χ3n) is 3.66. The summed E-state index contributed by atoms with van der Waals surface area (Å²) in [6.45, 7) is 7.89. The number of aromatic hydroxyl groups is 1. The molecule has 2 atom stereocenters. The molecule has 2 rings (SSSR count). The van der Waals surface area contributed by atoms with Gasteiger partial charge in [0.25, 0.3) is 0 Å². The van der Waals surface area contributed by atoms with E-state index >= 15 is 0 Å². The maximum absolute atomic E-state index is 9.87. The van der Waals surface area contributed by atoms with Crippen molar-refractivity contribution in [2.75, 3.05) is 20.2 Å². The highest BCUT2D eigenvalue weighted by Crippen LogP contribution is 2.33. The molecule has 1 fully saturated rings. The number of hydrogen-bond acceptors (Lipinski definition) is 3. The molecule has 0 unspecified atom stereocenters. The summed E-state index contributed by atoms with van der Waals surface area (Å²) >= 11 is 2.15. The van der Waals surface area contributed by atoms with Gasteiger partial charge in [0.1, 0.15) is 0 Å². The van der Waals surface area contributed by atoms with Crippen LogP contribution in [-0.2, 0) is 6.54 Å². The molecule has 0 bridgehead atoms. The summed E-state index contributed by atoms with van der Waals surface area (Å²) in [5.41, 5.74) is 1.21. The molecule has 3 nitrogen and oxygen atoms in total. The summed E-state index contributed by atoms with van der Waals surface area (Å²) in [5, 5.41) is 9.87. The molecule has 0 spiro atoms. The number of hydrogen-bond donors (Lipinski definition) is 1. The van der Waals surface area contributed by atoms with Crippen molar-refractivity contribution in [2.24, 2.45) is 11.8 Å². The van der Waals surface area contributed by atoms with Crippen LogP contribution >= 0.6 is 22.6 Å². The van der Waals surface area contributed by atoms with Gasteiger partial charge in [0.15, 0.2) is 11.5 Å². The first kappa shape index (κ1) is 14.9. The minimum Gasteiger partial charge on any atom is -0.504 e. The molecule has 1 aromatic carbocycles. The van der Waals surface area contributed by atoms with E-state index in [2.05, 4.69) is 41.3 Å². The lowest BCUT2D eigenvalue weighted by Gasteiger charge is -2.35. The lowest BCUT2D eigenvalue weighted by Crippen LogP contribution is -2.38. The molecule has 1 aliphatic rings. The molecule has 1 aromatic rings. The van der Waals surface area contributed by atoms with E-state index in [9.17, 15) is 5.11 Å². The van der Waals surface area contributed by atoms with Gasteiger partial charge in [-0.05, 0) is 58.5 Å². The minimum absolute atomic E-state index is 0.243. The number of benzene rings is 1. The average Bonchev–Trinajstić information content (AvgIpc) is 2.32. The molecule has 19 heavy (non-hydrogen) atoms. The Balaban J connectivity index is 2.12. The Hall–Kier alpha value is -0.490.